The van der Waals surface area contributed by atoms with Crippen LogP contribution < -0.4 is 5.46 Å². The van der Waals surface area contributed by atoms with Gasteiger partial charge in [0.1, 0.15) is 13.5 Å². The van der Waals surface area contributed by atoms with Crippen molar-refractivity contribution in [1.82, 2.24) is 9.38 Å². The highest BCUT2D eigenvalue weighted by atomic mass is 35.5. The Morgan fingerprint density at radius 1 is 1.58 bits per heavy atom. The summed E-state index contributed by atoms with van der Waals surface area (Å²) in [6.07, 6.45) is 3.76. The highest BCUT2D eigenvalue weighted by molar-refractivity contribution is 6.32. The van der Waals surface area contributed by atoms with Gasteiger partial charge in [-0.15, -0.1) is 11.6 Å². The fourth-order valence-electron chi connectivity index (χ4n) is 1.11. The molecule has 0 saturated carbocycles. The minimum Gasteiger partial charge on any atom is -0.307 e. The maximum Gasteiger partial charge on any atom is 0.136 e. The normalized spacial score (nSPS) is 10.8. The van der Waals surface area contributed by atoms with E-state index < -0.39 is 0 Å². The summed E-state index contributed by atoms with van der Waals surface area (Å²) in [7, 11) is 5.59. The van der Waals surface area contributed by atoms with Gasteiger partial charge in [0.2, 0.25) is 0 Å². The third-order valence-electron chi connectivity index (χ3n) is 1.67. The van der Waals surface area contributed by atoms with Crippen LogP contribution in [0, 0.1) is 0 Å². The molecule has 58 valence electrons. The number of halogens is 1. The summed E-state index contributed by atoms with van der Waals surface area (Å²) in [5.74, 6) is 0.432. The van der Waals surface area contributed by atoms with Crippen molar-refractivity contribution in [3.05, 3.63) is 30.2 Å². The Morgan fingerprint density at radius 2 is 2.42 bits per heavy atom. The molecule has 2 nitrogen and oxygen atoms in total. The molecule has 0 aliphatic rings. The van der Waals surface area contributed by atoms with E-state index in [2.05, 4.69) is 4.98 Å². The first-order chi connectivity index (χ1) is 5.79. The number of hydrogen-bond acceptors (Lipinski definition) is 1. The van der Waals surface area contributed by atoms with Crippen LogP contribution in [0.4, 0.5) is 0 Å². The Kier molecular flexibility index (Phi) is 1.81. The Bertz CT molecular complexity index is 410. The fraction of sp³-hybridized carbons (Fsp3) is 0.125. The Balaban J connectivity index is 2.67. The number of hydrogen-bond donors (Lipinski definition) is 0. The quantitative estimate of drug-likeness (QED) is 0.465. The van der Waals surface area contributed by atoms with Gasteiger partial charge in [0, 0.05) is 12.4 Å². The molecule has 0 aromatic carbocycles. The highest BCUT2D eigenvalue weighted by Gasteiger charge is 1.98. The molecule has 0 amide bonds. The molecule has 0 aliphatic heterocycles. The monoisotopic (exact) mass is 176 g/mol. The zero-order valence-corrected chi connectivity index (χ0v) is 7.12. The molecule has 0 fully saturated rings. The molecule has 0 unspecified atom stereocenters. The largest absolute Gasteiger partial charge is 0.307 e. The second-order valence-corrected chi connectivity index (χ2v) is 2.86. The molecule has 0 aliphatic carbocycles. The summed E-state index contributed by atoms with van der Waals surface area (Å²) in [5.41, 5.74) is 2.42. The number of aromatic nitrogens is 2. The van der Waals surface area contributed by atoms with Crippen LogP contribution in [0.3, 0.4) is 0 Å². The third-order valence-corrected chi connectivity index (χ3v) is 1.94. The molecule has 2 radical (unpaired) electrons. The lowest BCUT2D eigenvalue weighted by molar-refractivity contribution is 1.19. The molecular weight excluding hydrogens is 170 g/mol. The van der Waals surface area contributed by atoms with E-state index in [1.807, 2.05) is 28.9 Å². The maximum absolute atomic E-state index is 5.63. The van der Waals surface area contributed by atoms with Crippen molar-refractivity contribution in [3.63, 3.8) is 0 Å². The molecule has 0 N–H and O–H groups in total. The van der Waals surface area contributed by atoms with Crippen LogP contribution in [0.5, 0.6) is 0 Å². The molecule has 12 heavy (non-hydrogen) atoms. The molecule has 0 saturated heterocycles. The molecule has 2 aromatic heterocycles. The number of fused-ring (bicyclic) bond motifs is 1. The van der Waals surface area contributed by atoms with Crippen molar-refractivity contribution in [2.45, 2.75) is 5.88 Å². The molecular formula is C8H6BClN2. The van der Waals surface area contributed by atoms with Gasteiger partial charge in [0.25, 0.3) is 0 Å². The van der Waals surface area contributed by atoms with E-state index in [0.717, 1.165) is 11.3 Å². The first-order valence-electron chi connectivity index (χ1n) is 3.58. The van der Waals surface area contributed by atoms with Gasteiger partial charge in [-0.2, -0.15) is 0 Å². The van der Waals surface area contributed by atoms with E-state index >= 15 is 0 Å². The summed E-state index contributed by atoms with van der Waals surface area (Å²) in [4.78, 5) is 4.24. The number of pyridine rings is 1. The summed E-state index contributed by atoms with van der Waals surface area (Å²) in [6, 6.07) is 3.64. The number of rotatable bonds is 1. The van der Waals surface area contributed by atoms with Crippen LogP contribution in [0.2, 0.25) is 0 Å². The van der Waals surface area contributed by atoms with Crippen molar-refractivity contribution in [1.29, 1.82) is 0 Å². The Labute approximate surface area is 76.6 Å². The smallest absolute Gasteiger partial charge is 0.136 e. The average molecular weight is 176 g/mol. The van der Waals surface area contributed by atoms with E-state index in [0.29, 0.717) is 11.3 Å². The van der Waals surface area contributed by atoms with Gasteiger partial charge >= 0.3 is 0 Å². The first kappa shape index (κ1) is 7.68. The van der Waals surface area contributed by atoms with Crippen LogP contribution in [-0.2, 0) is 5.88 Å². The van der Waals surface area contributed by atoms with Gasteiger partial charge in [0.05, 0.1) is 11.6 Å². The van der Waals surface area contributed by atoms with Crippen molar-refractivity contribution in [2.75, 3.05) is 0 Å². The second-order valence-electron chi connectivity index (χ2n) is 2.59. The number of nitrogens with zero attached hydrogens (tertiary/aromatic N) is 2. The molecule has 0 spiro atoms. The zero-order chi connectivity index (χ0) is 8.55. The molecule has 2 rings (SSSR count). The van der Waals surface area contributed by atoms with Gasteiger partial charge in [-0.1, -0.05) is 11.5 Å². The number of alkyl halides is 1. The lowest BCUT2D eigenvalue weighted by atomic mass is 9.98. The van der Waals surface area contributed by atoms with Crippen molar-refractivity contribution >= 4 is 30.6 Å². The average Bonchev–Trinajstić information content (AvgIpc) is 2.46. The standard InChI is InChI=1S/C8H6BClN2/c9-6-1-2-12-5-7(4-10)11-8(12)3-6/h1-3,5H,4H2. The molecule has 4 heteroatoms. The predicted molar refractivity (Wildman–Crippen MR) is 50.1 cm³/mol. The van der Waals surface area contributed by atoms with Gasteiger partial charge in [0.15, 0.2) is 0 Å². The topological polar surface area (TPSA) is 17.3 Å². The van der Waals surface area contributed by atoms with Crippen LogP contribution in [0.15, 0.2) is 24.5 Å². The molecule has 0 bridgehead atoms. The Hall–Kier alpha value is -0.955. The lowest BCUT2D eigenvalue weighted by Gasteiger charge is -1.92. The summed E-state index contributed by atoms with van der Waals surface area (Å²) >= 11 is 5.63. The van der Waals surface area contributed by atoms with E-state index in [9.17, 15) is 0 Å². The summed E-state index contributed by atoms with van der Waals surface area (Å²) in [5, 5.41) is 0. The van der Waals surface area contributed by atoms with Gasteiger partial charge in [-0.3, -0.25) is 0 Å². The van der Waals surface area contributed by atoms with Crippen LogP contribution in [0.25, 0.3) is 5.65 Å². The van der Waals surface area contributed by atoms with E-state index in [-0.39, 0.29) is 0 Å². The Morgan fingerprint density at radius 3 is 3.17 bits per heavy atom. The van der Waals surface area contributed by atoms with E-state index in [4.69, 9.17) is 19.4 Å². The summed E-state index contributed by atoms with van der Waals surface area (Å²) in [6.45, 7) is 0. The van der Waals surface area contributed by atoms with Gasteiger partial charge in [-0.25, -0.2) is 4.98 Å². The molecule has 0 atom stereocenters. The van der Waals surface area contributed by atoms with Crippen LogP contribution in [-0.4, -0.2) is 17.2 Å². The maximum atomic E-state index is 5.63. The lowest BCUT2D eigenvalue weighted by Crippen LogP contribution is -2.01. The third kappa shape index (κ3) is 1.20. The van der Waals surface area contributed by atoms with Crippen molar-refractivity contribution < 1.29 is 0 Å². The van der Waals surface area contributed by atoms with Gasteiger partial charge < -0.3 is 4.40 Å². The minimum absolute atomic E-state index is 0.432. The minimum atomic E-state index is 0.432. The van der Waals surface area contributed by atoms with Crippen LogP contribution in [0.1, 0.15) is 5.69 Å². The summed E-state index contributed by atoms with van der Waals surface area (Å²) < 4.78 is 1.90. The predicted octanol–water partition coefficient (Wildman–Crippen LogP) is 0.867. The van der Waals surface area contributed by atoms with E-state index in [1.165, 1.54) is 0 Å². The molecule has 2 heterocycles. The van der Waals surface area contributed by atoms with Gasteiger partial charge in [-0.05, 0) is 6.07 Å². The second kappa shape index (κ2) is 2.83. The fourth-order valence-corrected chi connectivity index (χ4v) is 1.24. The zero-order valence-electron chi connectivity index (χ0n) is 6.37. The van der Waals surface area contributed by atoms with E-state index in [1.54, 1.807) is 0 Å². The molecule has 2 aromatic rings. The van der Waals surface area contributed by atoms with Crippen molar-refractivity contribution in [3.8, 4) is 0 Å². The SMILES string of the molecule is [B]c1ccn2cc(CCl)nc2c1. The van der Waals surface area contributed by atoms with Crippen molar-refractivity contribution in [2.24, 2.45) is 0 Å². The number of imidazole rings is 1. The first-order valence-corrected chi connectivity index (χ1v) is 4.12. The highest BCUT2D eigenvalue weighted by Crippen LogP contribution is 2.04. The van der Waals surface area contributed by atoms with Crippen LogP contribution >= 0.6 is 11.6 Å².